The summed E-state index contributed by atoms with van der Waals surface area (Å²) in [5.74, 6) is -1.90. The van der Waals surface area contributed by atoms with Gasteiger partial charge in [-0.1, -0.05) is 30.3 Å². The number of aliphatic hydroxyl groups is 6. The second-order valence-electron chi connectivity index (χ2n) is 9.20. The van der Waals surface area contributed by atoms with E-state index in [1.807, 2.05) is 18.2 Å². The van der Waals surface area contributed by atoms with E-state index in [0.29, 0.717) is 0 Å². The van der Waals surface area contributed by atoms with E-state index in [9.17, 15) is 35.4 Å². The summed E-state index contributed by atoms with van der Waals surface area (Å²) >= 11 is 0. The molecule has 6 unspecified atom stereocenters. The fraction of sp³-hybridized carbons (Fsp3) is 0.542. The molecular weight excluding hydrogens is 464 g/mol. The highest BCUT2D eigenvalue weighted by molar-refractivity contribution is 5.87. The lowest BCUT2D eigenvalue weighted by atomic mass is 9.81. The van der Waals surface area contributed by atoms with Crippen LogP contribution in [0, 0.1) is 5.92 Å². The zero-order chi connectivity index (χ0) is 25.4. The minimum Gasteiger partial charge on any atom is -0.472 e. The van der Waals surface area contributed by atoms with E-state index in [-0.39, 0.29) is 6.42 Å². The summed E-state index contributed by atoms with van der Waals surface area (Å²) in [4.78, 5) is 12.6. The molecule has 0 aromatic heterocycles. The normalized spacial score (nSPS) is 43.1. The molecule has 1 saturated heterocycles. The van der Waals surface area contributed by atoms with Crippen molar-refractivity contribution in [2.24, 2.45) is 5.92 Å². The first-order valence-corrected chi connectivity index (χ1v) is 11.2. The van der Waals surface area contributed by atoms with Gasteiger partial charge in [-0.3, -0.25) is 0 Å². The second kappa shape index (κ2) is 9.96. The van der Waals surface area contributed by atoms with E-state index in [1.165, 1.54) is 19.1 Å². The maximum absolute atomic E-state index is 12.6. The molecular formula is C24H30O11. The highest BCUT2D eigenvalue weighted by atomic mass is 16.8. The Morgan fingerprint density at radius 1 is 1.11 bits per heavy atom. The van der Waals surface area contributed by atoms with Gasteiger partial charge in [-0.05, 0) is 24.6 Å². The Morgan fingerprint density at radius 3 is 2.51 bits per heavy atom. The quantitative estimate of drug-likeness (QED) is 0.207. The average Bonchev–Trinajstić information content (AvgIpc) is 3.03. The monoisotopic (exact) mass is 494 g/mol. The summed E-state index contributed by atoms with van der Waals surface area (Å²) in [5.41, 5.74) is -2.62. The maximum Gasteiger partial charge on any atom is 0.331 e. The number of carbonyl (C=O) groups excluding carboxylic acids is 1. The van der Waals surface area contributed by atoms with Crippen LogP contribution in [0.2, 0.25) is 0 Å². The Kier molecular flexibility index (Phi) is 7.32. The fourth-order valence-corrected chi connectivity index (χ4v) is 4.92. The van der Waals surface area contributed by atoms with Gasteiger partial charge < -0.3 is 49.6 Å². The van der Waals surface area contributed by atoms with Crippen LogP contribution in [0.15, 0.2) is 48.7 Å². The zero-order valence-electron chi connectivity index (χ0n) is 19.0. The van der Waals surface area contributed by atoms with E-state index in [4.69, 9.17) is 18.9 Å². The molecule has 4 rings (SSSR count). The van der Waals surface area contributed by atoms with Gasteiger partial charge in [-0.25, -0.2) is 4.79 Å². The first-order chi connectivity index (χ1) is 16.6. The number of hydrogen-bond donors (Lipinski definition) is 6. The lowest BCUT2D eigenvalue weighted by molar-refractivity contribution is -0.351. The standard InChI is InChI=1S/C24H30O11/c1-23(35-16(27)8-7-13-5-3-2-4-6-13)11-15(26)24(31)9-10-32-22(20(23)24)34-21-19(30)18(29)17(28)14(12-25)33-21/h2-10,14-15,17-22,25-26,28-31H,11-12H2,1H3/t14?,15-,17?,18?,19?,20?,21?,22+,23+,24-/m0/s1. The summed E-state index contributed by atoms with van der Waals surface area (Å²) in [5, 5.41) is 61.7. The van der Waals surface area contributed by atoms with Crippen molar-refractivity contribution < 1.29 is 54.4 Å². The molecule has 0 amide bonds. The van der Waals surface area contributed by atoms with Gasteiger partial charge in [-0.15, -0.1) is 0 Å². The van der Waals surface area contributed by atoms with Gasteiger partial charge in [-0.2, -0.15) is 0 Å². The summed E-state index contributed by atoms with van der Waals surface area (Å²) < 4.78 is 22.3. The topological polar surface area (TPSA) is 175 Å². The molecule has 2 fully saturated rings. The lowest BCUT2D eigenvalue weighted by Crippen LogP contribution is -2.62. The molecule has 1 saturated carbocycles. The van der Waals surface area contributed by atoms with E-state index < -0.39 is 72.8 Å². The Labute approximate surface area is 201 Å². The molecule has 2 heterocycles. The van der Waals surface area contributed by atoms with Gasteiger partial charge >= 0.3 is 5.97 Å². The number of carbonyl (C=O) groups is 1. The Balaban J connectivity index is 1.55. The molecule has 11 heteroatoms. The molecule has 6 N–H and O–H groups in total. The van der Waals surface area contributed by atoms with Crippen molar-refractivity contribution in [2.75, 3.05) is 6.61 Å². The third-order valence-electron chi connectivity index (χ3n) is 6.77. The van der Waals surface area contributed by atoms with Gasteiger partial charge in [0, 0.05) is 12.5 Å². The van der Waals surface area contributed by atoms with Crippen LogP contribution in [0.25, 0.3) is 6.08 Å². The van der Waals surface area contributed by atoms with E-state index in [1.54, 1.807) is 18.2 Å². The van der Waals surface area contributed by atoms with Crippen LogP contribution >= 0.6 is 0 Å². The Hall–Kier alpha value is -2.35. The van der Waals surface area contributed by atoms with Crippen molar-refractivity contribution in [2.45, 2.75) is 67.6 Å². The van der Waals surface area contributed by atoms with E-state index >= 15 is 0 Å². The van der Waals surface area contributed by atoms with Crippen LogP contribution in [-0.4, -0.2) is 97.5 Å². The van der Waals surface area contributed by atoms with Crippen molar-refractivity contribution in [3.8, 4) is 0 Å². The number of aliphatic hydroxyl groups excluding tert-OH is 5. The fourth-order valence-electron chi connectivity index (χ4n) is 4.92. The largest absolute Gasteiger partial charge is 0.472 e. The number of fused-ring (bicyclic) bond motifs is 1. The van der Waals surface area contributed by atoms with Crippen LogP contribution < -0.4 is 0 Å². The highest BCUT2D eigenvalue weighted by Gasteiger charge is 2.66. The van der Waals surface area contributed by atoms with Crippen LogP contribution in [0.3, 0.4) is 0 Å². The van der Waals surface area contributed by atoms with E-state index in [0.717, 1.165) is 11.8 Å². The highest BCUT2D eigenvalue weighted by Crippen LogP contribution is 2.51. The summed E-state index contributed by atoms with van der Waals surface area (Å²) in [6, 6.07) is 9.06. The van der Waals surface area contributed by atoms with Crippen molar-refractivity contribution in [1.29, 1.82) is 0 Å². The van der Waals surface area contributed by atoms with Crippen molar-refractivity contribution in [3.05, 3.63) is 54.3 Å². The van der Waals surface area contributed by atoms with E-state index in [2.05, 4.69) is 0 Å². The molecule has 11 nitrogen and oxygen atoms in total. The predicted octanol–water partition coefficient (Wildman–Crippen LogP) is -1.20. The van der Waals surface area contributed by atoms with Crippen molar-refractivity contribution in [3.63, 3.8) is 0 Å². The molecule has 3 aliphatic rings. The maximum atomic E-state index is 12.6. The number of hydrogen-bond acceptors (Lipinski definition) is 11. The minimum atomic E-state index is -1.91. The minimum absolute atomic E-state index is 0.151. The van der Waals surface area contributed by atoms with Crippen LogP contribution in [-0.2, 0) is 23.7 Å². The number of rotatable bonds is 6. The van der Waals surface area contributed by atoms with Gasteiger partial charge in [0.05, 0.1) is 24.9 Å². The van der Waals surface area contributed by atoms with Crippen LogP contribution in [0.4, 0.5) is 0 Å². The molecule has 192 valence electrons. The first-order valence-electron chi connectivity index (χ1n) is 11.2. The summed E-state index contributed by atoms with van der Waals surface area (Å²) in [6.07, 6.45) is -5.57. The first kappa shape index (κ1) is 25.7. The molecule has 35 heavy (non-hydrogen) atoms. The van der Waals surface area contributed by atoms with Crippen molar-refractivity contribution in [1.82, 2.24) is 0 Å². The number of ether oxygens (including phenoxy) is 4. The van der Waals surface area contributed by atoms with Gasteiger partial charge in [0.2, 0.25) is 6.29 Å². The number of benzene rings is 1. The molecule has 1 aliphatic carbocycles. The molecule has 2 aliphatic heterocycles. The third kappa shape index (κ3) is 4.86. The summed E-state index contributed by atoms with van der Waals surface area (Å²) in [6.45, 7) is 0.852. The van der Waals surface area contributed by atoms with Gasteiger partial charge in [0.25, 0.3) is 0 Å². The second-order valence-corrected chi connectivity index (χ2v) is 9.20. The third-order valence-corrected chi connectivity index (χ3v) is 6.77. The molecule has 1 aromatic carbocycles. The average molecular weight is 494 g/mol. The van der Waals surface area contributed by atoms with Gasteiger partial charge in [0.1, 0.15) is 35.6 Å². The summed E-state index contributed by atoms with van der Waals surface area (Å²) in [7, 11) is 0. The number of esters is 1. The molecule has 0 radical (unpaired) electrons. The lowest BCUT2D eigenvalue weighted by Gasteiger charge is -2.45. The SMILES string of the molecule is C[C@@]1(OC(=O)C=Cc2ccccc2)C[C@H](O)[C@@]2(O)C=CO[C@H](OC3OC(CO)C(O)C(O)C3O)C12. The Bertz CT molecular complexity index is 950. The van der Waals surface area contributed by atoms with Crippen LogP contribution in [0.1, 0.15) is 18.9 Å². The van der Waals surface area contributed by atoms with Gasteiger partial charge in [0.15, 0.2) is 6.29 Å². The smallest absolute Gasteiger partial charge is 0.331 e. The molecule has 0 spiro atoms. The zero-order valence-corrected chi connectivity index (χ0v) is 19.0. The predicted molar refractivity (Wildman–Crippen MR) is 118 cm³/mol. The molecule has 0 bridgehead atoms. The molecule has 10 atom stereocenters. The van der Waals surface area contributed by atoms with Crippen LogP contribution in [0.5, 0.6) is 0 Å². The Morgan fingerprint density at radius 2 is 1.83 bits per heavy atom. The van der Waals surface area contributed by atoms with Crippen molar-refractivity contribution >= 4 is 12.0 Å². The molecule has 1 aromatic rings.